The van der Waals surface area contributed by atoms with Crippen LogP contribution in [0.2, 0.25) is 5.02 Å². The molecule has 0 aromatic heterocycles. The van der Waals surface area contributed by atoms with Gasteiger partial charge in [0.05, 0.1) is 6.61 Å². The largest absolute Gasteiger partial charge is 0.493 e. The van der Waals surface area contributed by atoms with Crippen LogP contribution in [0.15, 0.2) is 46.9 Å². The minimum absolute atomic E-state index is 0.102. The summed E-state index contributed by atoms with van der Waals surface area (Å²) in [6, 6.07) is 11.9. The molecule has 0 fully saturated rings. The summed E-state index contributed by atoms with van der Waals surface area (Å²) >= 11 is 9.15. The van der Waals surface area contributed by atoms with Crippen molar-refractivity contribution in [3.63, 3.8) is 0 Å². The van der Waals surface area contributed by atoms with Crippen molar-refractivity contribution >= 4 is 45.3 Å². The van der Waals surface area contributed by atoms with Crippen LogP contribution >= 0.6 is 27.5 Å². The zero-order valence-corrected chi connectivity index (χ0v) is 18.0. The van der Waals surface area contributed by atoms with Crippen LogP contribution in [0.5, 0.6) is 5.75 Å². The maximum atomic E-state index is 11.9. The van der Waals surface area contributed by atoms with Crippen LogP contribution in [0.3, 0.4) is 0 Å². The SMILES string of the molecule is Cc1cc(Cl)ccc1OCCCC(=O)OCC(=O)NNC(=O)c1ccc(Br)cc1. The number of amides is 2. The first kappa shape index (κ1) is 22.7. The van der Waals surface area contributed by atoms with Crippen molar-refractivity contribution in [3.05, 3.63) is 63.1 Å². The Kier molecular flexibility index (Phi) is 8.95. The molecule has 0 aliphatic rings. The van der Waals surface area contributed by atoms with Crippen molar-refractivity contribution in [2.45, 2.75) is 19.8 Å². The summed E-state index contributed by atoms with van der Waals surface area (Å²) in [5.74, 6) is -0.955. The van der Waals surface area contributed by atoms with Crippen LogP contribution in [0.1, 0.15) is 28.8 Å². The monoisotopic (exact) mass is 482 g/mol. The molecule has 2 N–H and O–H groups in total. The molecular weight excluding hydrogens is 464 g/mol. The molecule has 2 amide bonds. The predicted molar refractivity (Wildman–Crippen MR) is 112 cm³/mol. The summed E-state index contributed by atoms with van der Waals surface area (Å²) in [5, 5.41) is 0.629. The average molecular weight is 484 g/mol. The predicted octanol–water partition coefficient (Wildman–Crippen LogP) is 3.57. The van der Waals surface area contributed by atoms with Crippen molar-refractivity contribution < 1.29 is 23.9 Å². The minimum Gasteiger partial charge on any atom is -0.493 e. The number of aryl methyl sites for hydroxylation is 1. The fraction of sp³-hybridized carbons (Fsp3) is 0.250. The Morgan fingerprint density at radius 3 is 2.48 bits per heavy atom. The third-order valence-electron chi connectivity index (χ3n) is 3.71. The molecule has 154 valence electrons. The van der Waals surface area contributed by atoms with Crippen LogP contribution in [0.25, 0.3) is 0 Å². The molecule has 9 heteroatoms. The Bertz CT molecular complexity index is 874. The van der Waals surface area contributed by atoms with Crippen molar-refractivity contribution in [2.24, 2.45) is 0 Å². The highest BCUT2D eigenvalue weighted by Crippen LogP contribution is 2.21. The summed E-state index contributed by atoms with van der Waals surface area (Å²) in [5.41, 5.74) is 5.72. The molecule has 29 heavy (non-hydrogen) atoms. The van der Waals surface area contributed by atoms with Crippen molar-refractivity contribution in [1.29, 1.82) is 0 Å². The summed E-state index contributed by atoms with van der Waals surface area (Å²) in [6.07, 6.45) is 0.536. The van der Waals surface area contributed by atoms with Crippen LogP contribution in [-0.4, -0.2) is 31.0 Å². The Balaban J connectivity index is 1.60. The third-order valence-corrected chi connectivity index (χ3v) is 4.47. The van der Waals surface area contributed by atoms with E-state index in [1.54, 1.807) is 42.5 Å². The van der Waals surface area contributed by atoms with Gasteiger partial charge in [0.25, 0.3) is 11.8 Å². The maximum absolute atomic E-state index is 11.9. The second kappa shape index (κ2) is 11.4. The number of benzene rings is 2. The highest BCUT2D eigenvalue weighted by molar-refractivity contribution is 9.10. The summed E-state index contributed by atoms with van der Waals surface area (Å²) < 4.78 is 11.3. The average Bonchev–Trinajstić information content (AvgIpc) is 2.69. The van der Waals surface area contributed by atoms with Gasteiger partial charge in [-0.05, 0) is 61.4 Å². The van der Waals surface area contributed by atoms with Crippen LogP contribution in [0.4, 0.5) is 0 Å². The molecule has 0 radical (unpaired) electrons. The maximum Gasteiger partial charge on any atom is 0.306 e. The Hall–Kier alpha value is -2.58. The number of hydrogen-bond donors (Lipinski definition) is 2. The van der Waals surface area contributed by atoms with Gasteiger partial charge in [0.15, 0.2) is 6.61 Å². The molecule has 2 aromatic carbocycles. The second-order valence-corrected chi connectivity index (χ2v) is 7.38. The molecule has 0 aliphatic carbocycles. The Morgan fingerprint density at radius 1 is 1.07 bits per heavy atom. The van der Waals surface area contributed by atoms with E-state index < -0.39 is 24.4 Å². The Morgan fingerprint density at radius 2 is 1.79 bits per heavy atom. The van der Waals surface area contributed by atoms with E-state index in [1.807, 2.05) is 6.92 Å². The molecule has 7 nitrogen and oxygen atoms in total. The molecular formula is C20H20BrClN2O5. The summed E-state index contributed by atoms with van der Waals surface area (Å²) in [7, 11) is 0. The zero-order chi connectivity index (χ0) is 21.2. The summed E-state index contributed by atoms with van der Waals surface area (Å²) in [4.78, 5) is 35.2. The quantitative estimate of drug-likeness (QED) is 0.340. The molecule has 0 spiro atoms. The van der Waals surface area contributed by atoms with Crippen molar-refractivity contribution in [3.8, 4) is 5.75 Å². The number of halogens is 2. The lowest BCUT2D eigenvalue weighted by Crippen LogP contribution is -2.43. The van der Waals surface area contributed by atoms with E-state index in [4.69, 9.17) is 21.1 Å². The molecule has 0 aliphatic heterocycles. The molecule has 0 atom stereocenters. The standard InChI is InChI=1S/C20H20BrClN2O5/c1-13-11-16(22)8-9-17(13)28-10-2-3-19(26)29-12-18(25)23-24-20(27)14-4-6-15(21)7-5-14/h4-9,11H,2-3,10,12H2,1H3,(H,23,25)(H,24,27). The molecule has 2 aromatic rings. The van der Waals surface area contributed by atoms with Gasteiger partial charge in [-0.15, -0.1) is 0 Å². The lowest BCUT2D eigenvalue weighted by Gasteiger charge is -2.10. The van der Waals surface area contributed by atoms with E-state index in [9.17, 15) is 14.4 Å². The van der Waals surface area contributed by atoms with Gasteiger partial charge in [0.2, 0.25) is 0 Å². The van der Waals surface area contributed by atoms with Crippen LogP contribution in [0, 0.1) is 6.92 Å². The van der Waals surface area contributed by atoms with Gasteiger partial charge in [-0.25, -0.2) is 0 Å². The first-order valence-corrected chi connectivity index (χ1v) is 9.91. The lowest BCUT2D eigenvalue weighted by atomic mass is 10.2. The number of ether oxygens (including phenoxy) is 2. The van der Waals surface area contributed by atoms with E-state index >= 15 is 0 Å². The van der Waals surface area contributed by atoms with E-state index in [-0.39, 0.29) is 6.42 Å². The first-order chi connectivity index (χ1) is 13.8. The van der Waals surface area contributed by atoms with Crippen LogP contribution in [-0.2, 0) is 14.3 Å². The third kappa shape index (κ3) is 8.13. The number of carbonyl (C=O) groups excluding carboxylic acids is 3. The number of esters is 1. The highest BCUT2D eigenvalue weighted by Gasteiger charge is 2.10. The van der Waals surface area contributed by atoms with Gasteiger partial charge in [-0.2, -0.15) is 0 Å². The van der Waals surface area contributed by atoms with E-state index in [2.05, 4.69) is 26.8 Å². The molecule has 0 bridgehead atoms. The summed E-state index contributed by atoms with van der Waals surface area (Å²) in [6.45, 7) is 1.72. The van der Waals surface area contributed by atoms with Crippen LogP contribution < -0.4 is 15.6 Å². The first-order valence-electron chi connectivity index (χ1n) is 8.74. The van der Waals surface area contributed by atoms with E-state index in [0.717, 1.165) is 10.0 Å². The smallest absolute Gasteiger partial charge is 0.306 e. The number of hydrogen-bond acceptors (Lipinski definition) is 5. The van der Waals surface area contributed by atoms with Gasteiger partial charge in [0, 0.05) is 21.5 Å². The van der Waals surface area contributed by atoms with Gasteiger partial charge in [-0.3, -0.25) is 25.2 Å². The lowest BCUT2D eigenvalue weighted by molar-refractivity contribution is -0.148. The fourth-order valence-corrected chi connectivity index (χ4v) is 2.72. The second-order valence-electron chi connectivity index (χ2n) is 6.03. The van der Waals surface area contributed by atoms with Gasteiger partial charge in [0.1, 0.15) is 5.75 Å². The number of nitrogens with one attached hydrogen (secondary N) is 2. The fourth-order valence-electron chi connectivity index (χ4n) is 2.23. The van der Waals surface area contributed by atoms with Gasteiger partial charge < -0.3 is 9.47 Å². The molecule has 0 heterocycles. The van der Waals surface area contributed by atoms with E-state index in [1.165, 1.54) is 0 Å². The van der Waals surface area contributed by atoms with E-state index in [0.29, 0.717) is 29.4 Å². The topological polar surface area (TPSA) is 93.7 Å². The zero-order valence-electron chi connectivity index (χ0n) is 15.7. The molecule has 2 rings (SSSR count). The molecule has 0 unspecified atom stereocenters. The van der Waals surface area contributed by atoms with Crippen molar-refractivity contribution in [1.82, 2.24) is 10.9 Å². The minimum atomic E-state index is -0.642. The molecule has 0 saturated carbocycles. The number of carbonyl (C=O) groups is 3. The highest BCUT2D eigenvalue weighted by atomic mass is 79.9. The van der Waals surface area contributed by atoms with Crippen molar-refractivity contribution in [2.75, 3.05) is 13.2 Å². The molecule has 0 saturated heterocycles. The number of hydrazine groups is 1. The van der Waals surface area contributed by atoms with Gasteiger partial charge >= 0.3 is 5.97 Å². The number of rotatable bonds is 8. The normalized spacial score (nSPS) is 10.2. The van der Waals surface area contributed by atoms with Gasteiger partial charge in [-0.1, -0.05) is 27.5 Å². The Labute approximate surface area is 181 Å².